The Morgan fingerprint density at radius 1 is 1.00 bits per heavy atom. The molecule has 0 saturated heterocycles. The molecule has 0 radical (unpaired) electrons. The van der Waals surface area contributed by atoms with Crippen molar-refractivity contribution >= 4 is 23.3 Å². The third kappa shape index (κ3) is 4.89. The zero-order valence-electron chi connectivity index (χ0n) is 15.2. The van der Waals surface area contributed by atoms with Gasteiger partial charge in [-0.3, -0.25) is 4.79 Å². The van der Waals surface area contributed by atoms with Crippen LogP contribution in [0.15, 0.2) is 42.5 Å². The summed E-state index contributed by atoms with van der Waals surface area (Å²) in [5.41, 5.74) is 1.86. The average molecular weight is 358 g/mol. The minimum atomic E-state index is -0.650. The highest BCUT2D eigenvalue weighted by Crippen LogP contribution is 2.25. The van der Waals surface area contributed by atoms with Gasteiger partial charge in [-0.25, -0.2) is 4.79 Å². The Labute approximate surface area is 152 Å². The molecular formula is C19H22N2O5. The van der Waals surface area contributed by atoms with E-state index in [-0.39, 0.29) is 5.56 Å². The van der Waals surface area contributed by atoms with E-state index >= 15 is 0 Å². The smallest absolute Gasteiger partial charge is 0.342 e. The molecule has 0 bridgehead atoms. The Kier molecular flexibility index (Phi) is 6.43. The molecule has 0 aliphatic rings. The van der Waals surface area contributed by atoms with Crippen molar-refractivity contribution in [2.45, 2.75) is 0 Å². The molecule has 2 rings (SSSR count). The molecule has 0 aliphatic carbocycles. The van der Waals surface area contributed by atoms with E-state index in [1.54, 1.807) is 24.3 Å². The summed E-state index contributed by atoms with van der Waals surface area (Å²) < 4.78 is 15.3. The molecular weight excluding hydrogens is 336 g/mol. The molecule has 7 heteroatoms. The lowest BCUT2D eigenvalue weighted by molar-refractivity contribution is -0.119. The molecule has 1 N–H and O–H groups in total. The summed E-state index contributed by atoms with van der Waals surface area (Å²) in [4.78, 5) is 26.1. The topological polar surface area (TPSA) is 77.1 Å². The minimum absolute atomic E-state index is 0.219. The number of carbonyl (C=O) groups excluding carboxylic acids is 2. The highest BCUT2D eigenvalue weighted by molar-refractivity contribution is 5.97. The van der Waals surface area contributed by atoms with Crippen LogP contribution in [0.5, 0.6) is 11.5 Å². The van der Waals surface area contributed by atoms with Crippen LogP contribution in [0, 0.1) is 0 Å². The quantitative estimate of drug-likeness (QED) is 0.767. The maximum atomic E-state index is 12.2. The van der Waals surface area contributed by atoms with Crippen molar-refractivity contribution in [2.24, 2.45) is 0 Å². The number of nitrogens with zero attached hydrogens (tertiary/aromatic N) is 1. The van der Waals surface area contributed by atoms with Gasteiger partial charge in [0.1, 0.15) is 17.1 Å². The van der Waals surface area contributed by atoms with Crippen molar-refractivity contribution in [2.75, 3.05) is 45.1 Å². The second-order valence-electron chi connectivity index (χ2n) is 5.63. The number of methoxy groups -OCH3 is 2. The first kappa shape index (κ1) is 19.1. The van der Waals surface area contributed by atoms with Crippen molar-refractivity contribution in [1.82, 2.24) is 0 Å². The molecule has 0 unspecified atom stereocenters. The van der Waals surface area contributed by atoms with Gasteiger partial charge in [0.15, 0.2) is 6.61 Å². The van der Waals surface area contributed by atoms with Gasteiger partial charge in [0.25, 0.3) is 5.91 Å². The van der Waals surface area contributed by atoms with Gasteiger partial charge >= 0.3 is 5.97 Å². The second kappa shape index (κ2) is 8.75. The molecule has 0 fully saturated rings. The van der Waals surface area contributed by atoms with Crippen LogP contribution in [0.1, 0.15) is 10.4 Å². The van der Waals surface area contributed by atoms with E-state index < -0.39 is 18.5 Å². The Bertz CT molecular complexity index is 772. The maximum Gasteiger partial charge on any atom is 0.342 e. The molecule has 2 aromatic rings. The van der Waals surface area contributed by atoms with Crippen LogP contribution in [0.3, 0.4) is 0 Å². The number of nitrogens with one attached hydrogen (secondary N) is 1. The molecule has 0 spiro atoms. The summed E-state index contributed by atoms with van der Waals surface area (Å²) >= 11 is 0. The standard InChI is InChI=1S/C19H22N2O5/c1-21(2)14-7-5-13(6-8-14)20-18(22)12-26-19(23)16-10-9-15(24-3)11-17(16)25-4/h5-11H,12H2,1-4H3,(H,20,22). The van der Waals surface area contributed by atoms with Crippen LogP contribution >= 0.6 is 0 Å². The molecule has 0 aromatic heterocycles. The van der Waals surface area contributed by atoms with E-state index in [2.05, 4.69) is 5.32 Å². The van der Waals surface area contributed by atoms with Crippen molar-refractivity contribution in [3.8, 4) is 11.5 Å². The molecule has 0 aliphatic heterocycles. The number of hydrogen-bond acceptors (Lipinski definition) is 6. The van der Waals surface area contributed by atoms with Crippen LogP contribution in [-0.4, -0.2) is 46.8 Å². The first-order valence-corrected chi connectivity index (χ1v) is 7.91. The molecule has 1 amide bonds. The number of esters is 1. The number of ether oxygens (including phenoxy) is 3. The Morgan fingerprint density at radius 2 is 1.69 bits per heavy atom. The lowest BCUT2D eigenvalue weighted by Crippen LogP contribution is -2.21. The molecule has 26 heavy (non-hydrogen) atoms. The van der Waals surface area contributed by atoms with E-state index in [0.717, 1.165) is 5.69 Å². The fourth-order valence-electron chi connectivity index (χ4n) is 2.22. The van der Waals surface area contributed by atoms with Gasteiger partial charge in [-0.1, -0.05) is 0 Å². The fraction of sp³-hybridized carbons (Fsp3) is 0.263. The normalized spacial score (nSPS) is 10.0. The Morgan fingerprint density at radius 3 is 2.27 bits per heavy atom. The van der Waals surface area contributed by atoms with E-state index in [1.165, 1.54) is 20.3 Å². The van der Waals surface area contributed by atoms with Gasteiger partial charge in [0.2, 0.25) is 0 Å². The first-order chi connectivity index (χ1) is 12.4. The predicted molar refractivity (Wildman–Crippen MR) is 99.2 cm³/mol. The van der Waals surface area contributed by atoms with Gasteiger partial charge in [-0.2, -0.15) is 0 Å². The summed E-state index contributed by atoms with van der Waals surface area (Å²) in [5, 5.41) is 2.68. The predicted octanol–water partition coefficient (Wildman–Crippen LogP) is 2.57. The van der Waals surface area contributed by atoms with Crippen LogP contribution < -0.4 is 19.7 Å². The summed E-state index contributed by atoms with van der Waals surface area (Å²) in [6.07, 6.45) is 0. The van der Waals surface area contributed by atoms with E-state index in [1.807, 2.05) is 31.1 Å². The molecule has 0 atom stereocenters. The number of rotatable bonds is 7. The highest BCUT2D eigenvalue weighted by atomic mass is 16.5. The molecule has 0 saturated carbocycles. The van der Waals surface area contributed by atoms with E-state index in [4.69, 9.17) is 14.2 Å². The Hall–Kier alpha value is -3.22. The third-order valence-electron chi connectivity index (χ3n) is 3.63. The largest absolute Gasteiger partial charge is 0.497 e. The summed E-state index contributed by atoms with van der Waals surface area (Å²) in [5.74, 6) is -0.211. The van der Waals surface area contributed by atoms with Gasteiger partial charge in [-0.05, 0) is 36.4 Å². The number of amides is 1. The van der Waals surface area contributed by atoms with Gasteiger partial charge < -0.3 is 24.4 Å². The van der Waals surface area contributed by atoms with Crippen LogP contribution in [-0.2, 0) is 9.53 Å². The molecule has 138 valence electrons. The summed E-state index contributed by atoms with van der Waals surface area (Å²) in [7, 11) is 6.82. The third-order valence-corrected chi connectivity index (χ3v) is 3.63. The van der Waals surface area contributed by atoms with Gasteiger partial charge in [0.05, 0.1) is 14.2 Å². The van der Waals surface area contributed by atoms with Gasteiger partial charge in [0, 0.05) is 31.5 Å². The zero-order chi connectivity index (χ0) is 19.1. The number of benzene rings is 2. The lowest BCUT2D eigenvalue weighted by Gasteiger charge is -2.13. The molecule has 7 nitrogen and oxygen atoms in total. The van der Waals surface area contributed by atoms with E-state index in [0.29, 0.717) is 17.2 Å². The second-order valence-corrected chi connectivity index (χ2v) is 5.63. The van der Waals surface area contributed by atoms with Crippen LogP contribution in [0.25, 0.3) is 0 Å². The fourth-order valence-corrected chi connectivity index (χ4v) is 2.22. The maximum absolute atomic E-state index is 12.2. The minimum Gasteiger partial charge on any atom is -0.497 e. The summed E-state index contributed by atoms with van der Waals surface area (Å²) in [6.45, 7) is -0.399. The number of hydrogen-bond donors (Lipinski definition) is 1. The first-order valence-electron chi connectivity index (χ1n) is 7.91. The van der Waals surface area contributed by atoms with Crippen LogP contribution in [0.4, 0.5) is 11.4 Å². The SMILES string of the molecule is COc1ccc(C(=O)OCC(=O)Nc2ccc(N(C)C)cc2)c(OC)c1. The van der Waals surface area contributed by atoms with Crippen molar-refractivity contribution < 1.29 is 23.8 Å². The monoisotopic (exact) mass is 358 g/mol. The Balaban J connectivity index is 1.93. The van der Waals surface area contributed by atoms with Crippen LogP contribution in [0.2, 0.25) is 0 Å². The van der Waals surface area contributed by atoms with Gasteiger partial charge in [-0.15, -0.1) is 0 Å². The van der Waals surface area contributed by atoms with E-state index in [9.17, 15) is 9.59 Å². The van der Waals surface area contributed by atoms with Crippen molar-refractivity contribution in [3.05, 3.63) is 48.0 Å². The molecule has 2 aromatic carbocycles. The lowest BCUT2D eigenvalue weighted by atomic mass is 10.2. The zero-order valence-corrected chi connectivity index (χ0v) is 15.2. The number of anilines is 2. The average Bonchev–Trinajstić information content (AvgIpc) is 2.65. The van der Waals surface area contributed by atoms with Crippen molar-refractivity contribution in [3.63, 3.8) is 0 Å². The van der Waals surface area contributed by atoms with Crippen molar-refractivity contribution in [1.29, 1.82) is 0 Å². The number of carbonyl (C=O) groups is 2. The highest BCUT2D eigenvalue weighted by Gasteiger charge is 2.16. The summed E-state index contributed by atoms with van der Waals surface area (Å²) in [6, 6.07) is 12.0. The molecule has 0 heterocycles.